The van der Waals surface area contributed by atoms with Gasteiger partial charge in [-0.15, -0.1) is 0 Å². The number of hydrogen-bond donors (Lipinski definition) is 12. The van der Waals surface area contributed by atoms with Gasteiger partial charge in [0.2, 0.25) is 5.91 Å². The first kappa shape index (κ1) is 101. The average molecular weight is 1540 g/mol. The SMILES string of the molecule is CCCCCCCCCCCCCCCCCCCCCCCCCCCCCCC/C=C/C(O)C(COC1OC(CO)C(OC2OC(CO)C(OC3OC(CO)C(O)C(O)C3O)C(O)C2O)C(O)C1O)NC(=O)CCCCCCCCCCCCCCCCCCCCCCCCCCCCCCCCCC. The maximum absolute atomic E-state index is 13.5. The number of carbonyl (C=O) groups is 1. The topological polar surface area (TPSA) is 307 Å². The number of aliphatic hydroxyl groups excluding tert-OH is 11. The maximum atomic E-state index is 13.5. The number of ether oxygens (including phenoxy) is 6. The van der Waals surface area contributed by atoms with Crippen molar-refractivity contribution in [3.63, 3.8) is 0 Å². The van der Waals surface area contributed by atoms with Crippen LogP contribution in [0.3, 0.4) is 0 Å². The Hall–Kier alpha value is -1.47. The Kier molecular flexibility index (Phi) is 65.1. The van der Waals surface area contributed by atoms with Crippen LogP contribution < -0.4 is 5.32 Å². The molecule has 19 heteroatoms. The van der Waals surface area contributed by atoms with Crippen LogP contribution in [-0.4, -0.2) is 193 Å². The second-order valence-electron chi connectivity index (χ2n) is 33.1. The van der Waals surface area contributed by atoms with Crippen molar-refractivity contribution in [2.45, 2.75) is 523 Å². The van der Waals surface area contributed by atoms with Gasteiger partial charge in [0, 0.05) is 6.42 Å². The highest BCUT2D eigenvalue weighted by Crippen LogP contribution is 2.34. The van der Waals surface area contributed by atoms with E-state index in [9.17, 15) is 61.0 Å². The molecule has 0 aromatic carbocycles. The fourth-order valence-electron chi connectivity index (χ4n) is 16.0. The smallest absolute Gasteiger partial charge is 0.220 e. The number of amides is 1. The number of carbonyl (C=O) groups excluding carboxylic acids is 1. The Bertz CT molecular complexity index is 1990. The molecule has 108 heavy (non-hydrogen) atoms. The monoisotopic (exact) mass is 1540 g/mol. The number of aliphatic hydroxyl groups is 11. The van der Waals surface area contributed by atoms with Crippen LogP contribution in [0.15, 0.2) is 12.2 Å². The molecule has 17 unspecified atom stereocenters. The predicted octanol–water partition coefficient (Wildman–Crippen LogP) is 17.5. The molecule has 0 radical (unpaired) electrons. The molecule has 0 bridgehead atoms. The molecular formula is C89H171NO18. The van der Waals surface area contributed by atoms with Gasteiger partial charge in [0.25, 0.3) is 0 Å². The highest BCUT2D eigenvalue weighted by molar-refractivity contribution is 5.76. The zero-order valence-electron chi connectivity index (χ0n) is 69.1. The summed E-state index contributed by atoms with van der Waals surface area (Å²) < 4.78 is 34.5. The second kappa shape index (κ2) is 69.8. The second-order valence-corrected chi connectivity index (χ2v) is 33.1. The largest absolute Gasteiger partial charge is 0.394 e. The molecule has 0 spiro atoms. The third-order valence-electron chi connectivity index (χ3n) is 23.3. The molecule has 3 aliphatic heterocycles. The summed E-state index contributed by atoms with van der Waals surface area (Å²) in [5, 5.41) is 121. The summed E-state index contributed by atoms with van der Waals surface area (Å²) in [6, 6.07) is -0.971. The molecule has 3 aliphatic rings. The zero-order valence-corrected chi connectivity index (χ0v) is 69.1. The van der Waals surface area contributed by atoms with Crippen molar-refractivity contribution in [2.24, 2.45) is 0 Å². The molecule has 3 fully saturated rings. The summed E-state index contributed by atoms with van der Waals surface area (Å²) in [6.45, 7) is 1.82. The molecule has 640 valence electrons. The standard InChI is InChI=1S/C89H171NO18/c1-3-5-7-9-11-13-15-17-19-21-23-25-27-29-31-33-35-37-39-41-43-45-47-49-51-53-55-57-59-61-63-65-67-77(95)90-72(73(94)66-64-62-60-58-56-54-52-50-48-46-44-42-40-38-36-34-32-30-28-26-24-22-20-18-16-14-12-10-8-6-4-2)71-103-87-83(101)80(98)85(75(69-92)105-87)108-89-84(102)81(99)86(76(70-93)106-89)107-88-82(100)79(97)78(96)74(68-91)104-88/h64,66,72-76,78-89,91-94,96-102H,3-63,65,67-71H2,1-2H3,(H,90,95)/b66-64+. The van der Waals surface area contributed by atoms with Crippen LogP contribution in [0.25, 0.3) is 0 Å². The molecular weight excluding hydrogens is 1370 g/mol. The number of hydrogen-bond acceptors (Lipinski definition) is 18. The summed E-state index contributed by atoms with van der Waals surface area (Å²) in [4.78, 5) is 13.5. The van der Waals surface area contributed by atoms with E-state index in [4.69, 9.17) is 28.4 Å². The molecule has 0 aromatic rings. The van der Waals surface area contributed by atoms with E-state index >= 15 is 0 Å². The van der Waals surface area contributed by atoms with Crippen molar-refractivity contribution in [3.05, 3.63) is 12.2 Å². The molecule has 12 N–H and O–H groups in total. The maximum Gasteiger partial charge on any atom is 0.220 e. The number of unbranched alkanes of at least 4 members (excludes halogenated alkanes) is 60. The number of nitrogens with one attached hydrogen (secondary N) is 1. The van der Waals surface area contributed by atoms with Gasteiger partial charge in [0.15, 0.2) is 18.9 Å². The Morgan fingerprint density at radius 2 is 0.574 bits per heavy atom. The van der Waals surface area contributed by atoms with E-state index in [1.54, 1.807) is 6.08 Å². The van der Waals surface area contributed by atoms with E-state index in [0.717, 1.165) is 44.9 Å². The Labute approximate surface area is 658 Å². The van der Waals surface area contributed by atoms with E-state index in [2.05, 4.69) is 19.2 Å². The zero-order chi connectivity index (χ0) is 78.1. The van der Waals surface area contributed by atoms with Crippen molar-refractivity contribution >= 4 is 5.91 Å². The molecule has 19 nitrogen and oxygen atoms in total. The van der Waals surface area contributed by atoms with E-state index < -0.39 is 124 Å². The fourth-order valence-corrected chi connectivity index (χ4v) is 16.0. The van der Waals surface area contributed by atoms with Crippen molar-refractivity contribution in [2.75, 3.05) is 26.4 Å². The average Bonchev–Trinajstić information content (AvgIpc) is 0.779. The summed E-state index contributed by atoms with van der Waals surface area (Å²) >= 11 is 0. The summed E-state index contributed by atoms with van der Waals surface area (Å²) in [6.07, 6.45) is 59.5. The lowest BCUT2D eigenvalue weighted by Crippen LogP contribution is -2.66. The minimum atomic E-state index is -1.98. The van der Waals surface area contributed by atoms with Crippen LogP contribution in [0.2, 0.25) is 0 Å². The van der Waals surface area contributed by atoms with Crippen LogP contribution >= 0.6 is 0 Å². The van der Waals surface area contributed by atoms with Gasteiger partial charge in [0.05, 0.1) is 38.6 Å². The molecule has 17 atom stereocenters. The van der Waals surface area contributed by atoms with Gasteiger partial charge in [-0.1, -0.05) is 405 Å². The fraction of sp³-hybridized carbons (Fsp3) is 0.966. The van der Waals surface area contributed by atoms with Gasteiger partial charge in [-0.25, -0.2) is 0 Å². The molecule has 0 aromatic heterocycles. The molecule has 3 rings (SSSR count). The molecule has 3 heterocycles. The molecule has 0 aliphatic carbocycles. The number of rotatable bonds is 76. The Morgan fingerprint density at radius 1 is 0.324 bits per heavy atom. The molecule has 1 amide bonds. The van der Waals surface area contributed by atoms with E-state index in [0.29, 0.717) is 6.42 Å². The van der Waals surface area contributed by atoms with Gasteiger partial charge in [-0.05, 0) is 19.3 Å². The lowest BCUT2D eigenvalue weighted by molar-refractivity contribution is -0.379. The summed E-state index contributed by atoms with van der Waals surface area (Å²) in [5.41, 5.74) is 0. The van der Waals surface area contributed by atoms with Gasteiger partial charge < -0.3 is 89.9 Å². The van der Waals surface area contributed by atoms with Crippen LogP contribution in [-0.2, 0) is 33.2 Å². The first-order valence-corrected chi connectivity index (χ1v) is 45.9. The van der Waals surface area contributed by atoms with E-state index in [-0.39, 0.29) is 18.9 Å². The quantitative estimate of drug-likeness (QED) is 0.0199. The van der Waals surface area contributed by atoms with E-state index in [1.807, 2.05) is 6.08 Å². The third-order valence-corrected chi connectivity index (χ3v) is 23.3. The highest BCUT2D eigenvalue weighted by Gasteiger charge is 2.54. The van der Waals surface area contributed by atoms with Crippen LogP contribution in [0.5, 0.6) is 0 Å². The first-order valence-electron chi connectivity index (χ1n) is 45.9. The van der Waals surface area contributed by atoms with Crippen molar-refractivity contribution in [1.29, 1.82) is 0 Å². The van der Waals surface area contributed by atoms with Gasteiger partial charge in [-0.2, -0.15) is 0 Å². The van der Waals surface area contributed by atoms with Crippen molar-refractivity contribution in [3.8, 4) is 0 Å². The van der Waals surface area contributed by atoms with E-state index in [1.165, 1.54) is 347 Å². The molecule has 0 saturated carbocycles. The Morgan fingerprint density at radius 3 is 0.870 bits per heavy atom. The molecule has 3 saturated heterocycles. The lowest BCUT2D eigenvalue weighted by atomic mass is 9.96. The van der Waals surface area contributed by atoms with Gasteiger partial charge >= 0.3 is 0 Å². The van der Waals surface area contributed by atoms with Crippen LogP contribution in [0, 0.1) is 0 Å². The summed E-state index contributed by atoms with van der Waals surface area (Å²) in [5.74, 6) is -0.264. The predicted molar refractivity (Wildman–Crippen MR) is 434 cm³/mol. The highest BCUT2D eigenvalue weighted by atomic mass is 16.8. The van der Waals surface area contributed by atoms with Crippen molar-refractivity contribution in [1.82, 2.24) is 5.32 Å². The summed E-state index contributed by atoms with van der Waals surface area (Å²) in [7, 11) is 0. The number of allylic oxidation sites excluding steroid dienone is 1. The van der Waals surface area contributed by atoms with Crippen LogP contribution in [0.1, 0.15) is 418 Å². The normalized spacial score (nSPS) is 25.4. The van der Waals surface area contributed by atoms with Gasteiger partial charge in [0.1, 0.15) is 73.2 Å². The Balaban J connectivity index is 1.32. The first-order chi connectivity index (χ1) is 52.8. The lowest BCUT2D eigenvalue weighted by Gasteiger charge is -2.48. The van der Waals surface area contributed by atoms with Crippen molar-refractivity contribution < 1.29 is 89.4 Å². The van der Waals surface area contributed by atoms with Gasteiger partial charge in [-0.3, -0.25) is 4.79 Å². The minimum absolute atomic E-state index is 0.251. The van der Waals surface area contributed by atoms with Crippen LogP contribution in [0.4, 0.5) is 0 Å². The third kappa shape index (κ3) is 48.2. The minimum Gasteiger partial charge on any atom is -0.394 e.